The van der Waals surface area contributed by atoms with Crippen molar-refractivity contribution in [1.29, 1.82) is 0 Å². The number of benzene rings is 2. The van der Waals surface area contributed by atoms with E-state index < -0.39 is 9.84 Å². The first kappa shape index (κ1) is 14.8. The molecule has 0 aliphatic rings. The number of sulfone groups is 1. The predicted molar refractivity (Wildman–Crippen MR) is 87.1 cm³/mol. The van der Waals surface area contributed by atoms with E-state index in [1.54, 1.807) is 48.8 Å². The monoisotopic (exact) mass is 332 g/mol. The Balaban J connectivity index is 2.20. The molecular formula is C16H13ClN2O2S. The highest BCUT2D eigenvalue weighted by molar-refractivity contribution is 7.90. The Labute approximate surface area is 133 Å². The molecule has 3 aromatic rings. The van der Waals surface area contributed by atoms with Gasteiger partial charge in [-0.3, -0.25) is 4.57 Å². The molecule has 112 valence electrons. The van der Waals surface area contributed by atoms with E-state index in [-0.39, 0.29) is 4.90 Å². The maximum atomic E-state index is 12.0. The Hall–Kier alpha value is -2.11. The van der Waals surface area contributed by atoms with Gasteiger partial charge in [-0.05, 0) is 36.4 Å². The third kappa shape index (κ3) is 2.77. The van der Waals surface area contributed by atoms with E-state index in [2.05, 4.69) is 4.98 Å². The fourth-order valence-corrected chi connectivity index (χ4v) is 3.30. The van der Waals surface area contributed by atoms with E-state index in [0.717, 1.165) is 5.69 Å². The molecule has 22 heavy (non-hydrogen) atoms. The smallest absolute Gasteiger partial charge is 0.176 e. The number of imidazole rings is 1. The molecule has 0 aliphatic carbocycles. The summed E-state index contributed by atoms with van der Waals surface area (Å²) in [6.45, 7) is 0. The number of hydrogen-bond donors (Lipinski definition) is 0. The number of hydrogen-bond acceptors (Lipinski definition) is 3. The van der Waals surface area contributed by atoms with Crippen LogP contribution < -0.4 is 0 Å². The normalized spacial score (nSPS) is 11.5. The van der Waals surface area contributed by atoms with Gasteiger partial charge in [-0.15, -0.1) is 0 Å². The molecule has 0 bridgehead atoms. The SMILES string of the molecule is CS(=O)(=O)c1ccccc1-c1nccn1-c1ccc(Cl)cc1. The Bertz CT molecular complexity index is 915. The van der Waals surface area contributed by atoms with Crippen LogP contribution in [-0.2, 0) is 9.84 Å². The maximum absolute atomic E-state index is 12.0. The minimum atomic E-state index is -3.34. The van der Waals surface area contributed by atoms with Gasteiger partial charge in [0, 0.05) is 34.9 Å². The van der Waals surface area contributed by atoms with E-state index in [0.29, 0.717) is 16.4 Å². The number of rotatable bonds is 3. The summed E-state index contributed by atoms with van der Waals surface area (Å²) in [5, 5.41) is 0.641. The van der Waals surface area contributed by atoms with Crippen molar-refractivity contribution in [2.24, 2.45) is 0 Å². The zero-order chi connectivity index (χ0) is 15.7. The average Bonchev–Trinajstić information content (AvgIpc) is 2.96. The van der Waals surface area contributed by atoms with Crippen LogP contribution in [-0.4, -0.2) is 24.2 Å². The van der Waals surface area contributed by atoms with Crippen molar-refractivity contribution < 1.29 is 8.42 Å². The Morgan fingerprint density at radius 3 is 2.41 bits per heavy atom. The summed E-state index contributed by atoms with van der Waals surface area (Å²) in [7, 11) is -3.34. The molecule has 0 unspecified atom stereocenters. The second-order valence-electron chi connectivity index (χ2n) is 4.87. The van der Waals surface area contributed by atoms with Gasteiger partial charge in [-0.2, -0.15) is 0 Å². The standard InChI is InChI=1S/C16H13ClN2O2S/c1-22(20,21)15-5-3-2-4-14(15)16-18-10-11-19(16)13-8-6-12(17)7-9-13/h2-11H,1H3. The average molecular weight is 333 g/mol. The Kier molecular flexibility index (Phi) is 3.76. The fraction of sp³-hybridized carbons (Fsp3) is 0.0625. The minimum absolute atomic E-state index is 0.261. The largest absolute Gasteiger partial charge is 0.300 e. The van der Waals surface area contributed by atoms with E-state index >= 15 is 0 Å². The third-order valence-electron chi connectivity index (χ3n) is 3.27. The van der Waals surface area contributed by atoms with Crippen molar-refractivity contribution >= 4 is 21.4 Å². The lowest BCUT2D eigenvalue weighted by Gasteiger charge is -2.11. The maximum Gasteiger partial charge on any atom is 0.176 e. The van der Waals surface area contributed by atoms with Crippen LogP contribution in [0.25, 0.3) is 17.1 Å². The quantitative estimate of drug-likeness (QED) is 0.736. The predicted octanol–water partition coefficient (Wildman–Crippen LogP) is 3.60. The van der Waals surface area contributed by atoms with Crippen LogP contribution in [0.1, 0.15) is 0 Å². The van der Waals surface area contributed by atoms with Gasteiger partial charge < -0.3 is 0 Å². The molecular weight excluding hydrogens is 320 g/mol. The van der Waals surface area contributed by atoms with Crippen molar-refractivity contribution in [2.45, 2.75) is 4.90 Å². The highest BCUT2D eigenvalue weighted by Gasteiger charge is 2.17. The summed E-state index contributed by atoms with van der Waals surface area (Å²) in [5.41, 5.74) is 1.44. The van der Waals surface area contributed by atoms with Gasteiger partial charge in [0.05, 0.1) is 4.90 Å². The molecule has 1 aromatic heterocycles. The highest BCUT2D eigenvalue weighted by atomic mass is 35.5. The fourth-order valence-electron chi connectivity index (χ4n) is 2.29. The second kappa shape index (κ2) is 5.59. The molecule has 4 nitrogen and oxygen atoms in total. The molecule has 0 N–H and O–H groups in total. The van der Waals surface area contributed by atoms with Gasteiger partial charge in [0.25, 0.3) is 0 Å². The summed E-state index contributed by atoms with van der Waals surface area (Å²) >= 11 is 5.91. The van der Waals surface area contributed by atoms with Crippen molar-refractivity contribution in [3.8, 4) is 17.1 Å². The van der Waals surface area contributed by atoms with Gasteiger partial charge in [-0.1, -0.05) is 23.7 Å². The van der Waals surface area contributed by atoms with E-state index in [1.165, 1.54) is 6.26 Å². The molecule has 0 spiro atoms. The van der Waals surface area contributed by atoms with Crippen molar-refractivity contribution in [3.63, 3.8) is 0 Å². The number of aromatic nitrogens is 2. The molecule has 6 heteroatoms. The zero-order valence-electron chi connectivity index (χ0n) is 11.8. The summed E-state index contributed by atoms with van der Waals surface area (Å²) in [5.74, 6) is 0.573. The summed E-state index contributed by atoms with van der Waals surface area (Å²) in [4.78, 5) is 4.59. The summed E-state index contributed by atoms with van der Waals surface area (Å²) < 4.78 is 25.8. The van der Waals surface area contributed by atoms with Crippen LogP contribution in [0.5, 0.6) is 0 Å². The van der Waals surface area contributed by atoms with E-state index in [9.17, 15) is 8.42 Å². The van der Waals surface area contributed by atoms with Gasteiger partial charge in [-0.25, -0.2) is 13.4 Å². The van der Waals surface area contributed by atoms with Crippen molar-refractivity contribution in [2.75, 3.05) is 6.26 Å². The van der Waals surface area contributed by atoms with Crippen molar-refractivity contribution in [1.82, 2.24) is 9.55 Å². The Morgan fingerprint density at radius 2 is 1.73 bits per heavy atom. The second-order valence-corrected chi connectivity index (χ2v) is 7.29. The molecule has 0 fully saturated rings. The molecule has 0 atom stereocenters. The van der Waals surface area contributed by atoms with E-state index in [1.807, 2.05) is 16.7 Å². The van der Waals surface area contributed by atoms with Crippen LogP contribution in [0.15, 0.2) is 65.8 Å². The molecule has 2 aromatic carbocycles. The Morgan fingerprint density at radius 1 is 1.05 bits per heavy atom. The molecule has 3 rings (SSSR count). The zero-order valence-corrected chi connectivity index (χ0v) is 13.3. The third-order valence-corrected chi connectivity index (χ3v) is 4.68. The van der Waals surface area contributed by atoms with Gasteiger partial charge in [0.2, 0.25) is 0 Å². The number of halogens is 1. The minimum Gasteiger partial charge on any atom is -0.300 e. The molecule has 0 radical (unpaired) electrons. The lowest BCUT2D eigenvalue weighted by molar-refractivity contribution is 0.602. The summed E-state index contributed by atoms with van der Waals surface area (Å²) in [6, 6.07) is 14.1. The van der Waals surface area contributed by atoms with Gasteiger partial charge in [0.1, 0.15) is 5.82 Å². The first-order valence-electron chi connectivity index (χ1n) is 6.55. The first-order chi connectivity index (χ1) is 10.5. The molecule has 0 saturated carbocycles. The van der Waals surface area contributed by atoms with Crippen LogP contribution in [0, 0.1) is 0 Å². The van der Waals surface area contributed by atoms with Crippen LogP contribution in [0.3, 0.4) is 0 Å². The lowest BCUT2D eigenvalue weighted by atomic mass is 10.2. The van der Waals surface area contributed by atoms with Crippen LogP contribution in [0.4, 0.5) is 0 Å². The lowest BCUT2D eigenvalue weighted by Crippen LogP contribution is -2.03. The topological polar surface area (TPSA) is 52.0 Å². The molecule has 0 amide bonds. The molecule has 1 heterocycles. The molecule has 0 saturated heterocycles. The van der Waals surface area contributed by atoms with Crippen LogP contribution in [0.2, 0.25) is 5.02 Å². The van der Waals surface area contributed by atoms with Gasteiger partial charge >= 0.3 is 0 Å². The first-order valence-corrected chi connectivity index (χ1v) is 8.82. The van der Waals surface area contributed by atoms with Crippen molar-refractivity contribution in [3.05, 3.63) is 65.9 Å². The number of nitrogens with zero attached hydrogens (tertiary/aromatic N) is 2. The molecule has 0 aliphatic heterocycles. The van der Waals surface area contributed by atoms with E-state index in [4.69, 9.17) is 11.6 Å². The highest BCUT2D eigenvalue weighted by Crippen LogP contribution is 2.28. The summed E-state index contributed by atoms with van der Waals surface area (Å²) in [6.07, 6.45) is 4.63. The van der Waals surface area contributed by atoms with Crippen LogP contribution >= 0.6 is 11.6 Å². The van der Waals surface area contributed by atoms with Gasteiger partial charge in [0.15, 0.2) is 9.84 Å².